The number of aryl methyl sites for hydroxylation is 1. The Morgan fingerprint density at radius 3 is 3.06 bits per heavy atom. The van der Waals surface area contributed by atoms with Crippen molar-refractivity contribution in [2.75, 3.05) is 19.1 Å². The first-order valence-corrected chi connectivity index (χ1v) is 5.78. The van der Waals surface area contributed by atoms with Gasteiger partial charge in [-0.3, -0.25) is 14.0 Å². The molecule has 2 aromatic heterocycles. The van der Waals surface area contributed by atoms with E-state index >= 15 is 0 Å². The lowest BCUT2D eigenvalue weighted by Crippen LogP contribution is -2.23. The molecule has 7 heteroatoms. The van der Waals surface area contributed by atoms with Crippen molar-refractivity contribution in [2.45, 2.75) is 6.54 Å². The highest BCUT2D eigenvalue weighted by atomic mass is 35.5. The molecule has 0 saturated heterocycles. The van der Waals surface area contributed by atoms with Crippen molar-refractivity contribution in [1.82, 2.24) is 19.3 Å². The van der Waals surface area contributed by atoms with Crippen molar-refractivity contribution in [3.05, 3.63) is 22.9 Å². The quantitative estimate of drug-likeness (QED) is 0.573. The highest BCUT2D eigenvalue weighted by molar-refractivity contribution is 6.17. The van der Waals surface area contributed by atoms with E-state index in [9.17, 15) is 4.79 Å². The lowest BCUT2D eigenvalue weighted by molar-refractivity contribution is 0.140. The first-order valence-electron chi connectivity index (χ1n) is 5.25. The molecule has 2 heterocycles. The van der Waals surface area contributed by atoms with E-state index in [2.05, 4.69) is 10.1 Å². The van der Waals surface area contributed by atoms with Crippen LogP contribution >= 0.6 is 11.6 Å². The van der Waals surface area contributed by atoms with Crippen molar-refractivity contribution in [1.29, 1.82) is 0 Å². The molecule has 0 bridgehead atoms. The Morgan fingerprint density at radius 2 is 2.29 bits per heavy atom. The minimum absolute atomic E-state index is 0.0995. The maximum Gasteiger partial charge on any atom is 0.264 e. The van der Waals surface area contributed by atoms with Gasteiger partial charge in [-0.2, -0.15) is 5.10 Å². The van der Waals surface area contributed by atoms with Gasteiger partial charge in [0.2, 0.25) is 0 Å². The summed E-state index contributed by atoms with van der Waals surface area (Å²) in [7, 11) is 1.75. The molecule has 2 rings (SSSR count). The summed E-state index contributed by atoms with van der Waals surface area (Å²) in [5, 5.41) is 4.52. The van der Waals surface area contributed by atoms with Gasteiger partial charge in [-0.1, -0.05) is 0 Å². The number of hydrogen-bond acceptors (Lipinski definition) is 4. The van der Waals surface area contributed by atoms with Gasteiger partial charge in [0.1, 0.15) is 11.7 Å². The molecule has 0 N–H and O–H groups in total. The summed E-state index contributed by atoms with van der Waals surface area (Å²) < 4.78 is 8.31. The minimum Gasteiger partial charge on any atom is -0.378 e. The van der Waals surface area contributed by atoms with Gasteiger partial charge in [0, 0.05) is 12.9 Å². The van der Waals surface area contributed by atoms with Gasteiger partial charge in [-0.15, -0.1) is 11.6 Å². The van der Waals surface area contributed by atoms with Crippen LogP contribution in [0.1, 0.15) is 0 Å². The Bertz CT molecular complexity index is 563. The number of aromatic nitrogens is 4. The van der Waals surface area contributed by atoms with Crippen LogP contribution < -0.4 is 5.56 Å². The van der Waals surface area contributed by atoms with Crippen molar-refractivity contribution in [3.63, 3.8) is 0 Å². The van der Waals surface area contributed by atoms with Crippen LogP contribution in [-0.2, 0) is 18.3 Å². The highest BCUT2D eigenvalue weighted by Crippen LogP contribution is 2.02. The predicted molar refractivity (Wildman–Crippen MR) is 64.3 cm³/mol. The molecular weight excluding hydrogens is 244 g/mol. The zero-order chi connectivity index (χ0) is 12.3. The van der Waals surface area contributed by atoms with Crippen LogP contribution in [0.15, 0.2) is 17.3 Å². The van der Waals surface area contributed by atoms with Gasteiger partial charge in [0.15, 0.2) is 5.65 Å². The second-order valence-corrected chi connectivity index (χ2v) is 3.93. The summed E-state index contributed by atoms with van der Waals surface area (Å²) in [6.07, 6.45) is 3.04. The van der Waals surface area contributed by atoms with Crippen molar-refractivity contribution < 1.29 is 4.74 Å². The number of rotatable bonds is 5. The number of alkyl halides is 1. The summed E-state index contributed by atoms with van der Waals surface area (Å²) in [6, 6.07) is 0. The fourth-order valence-electron chi connectivity index (χ4n) is 1.55. The van der Waals surface area contributed by atoms with E-state index in [-0.39, 0.29) is 5.56 Å². The summed E-state index contributed by atoms with van der Waals surface area (Å²) in [6.45, 7) is 1.40. The number of hydrogen-bond donors (Lipinski definition) is 0. The molecule has 0 radical (unpaired) electrons. The van der Waals surface area contributed by atoms with Crippen LogP contribution in [0.5, 0.6) is 0 Å². The lowest BCUT2D eigenvalue weighted by Gasteiger charge is -2.05. The first kappa shape index (κ1) is 12.1. The van der Waals surface area contributed by atoms with Crippen molar-refractivity contribution in [3.8, 4) is 0 Å². The molecule has 0 aliphatic carbocycles. The van der Waals surface area contributed by atoms with E-state index in [0.717, 1.165) is 0 Å². The second-order valence-electron chi connectivity index (χ2n) is 3.55. The normalized spacial score (nSPS) is 11.2. The molecular formula is C10H13ClN4O2. The molecule has 0 aromatic carbocycles. The van der Waals surface area contributed by atoms with Gasteiger partial charge in [-0.05, 0) is 0 Å². The molecule has 0 amide bonds. The molecule has 0 saturated carbocycles. The van der Waals surface area contributed by atoms with Gasteiger partial charge < -0.3 is 4.74 Å². The molecule has 0 unspecified atom stereocenters. The van der Waals surface area contributed by atoms with Gasteiger partial charge in [0.25, 0.3) is 5.56 Å². The molecule has 0 atom stereocenters. The van der Waals surface area contributed by atoms with Gasteiger partial charge in [-0.25, -0.2) is 4.98 Å². The van der Waals surface area contributed by atoms with Crippen LogP contribution in [0.25, 0.3) is 11.0 Å². The summed E-state index contributed by atoms with van der Waals surface area (Å²) in [5.41, 5.74) is 0.491. The number of ether oxygens (including phenoxy) is 1. The third-order valence-corrected chi connectivity index (χ3v) is 2.57. The Hall–Kier alpha value is -1.40. The molecule has 0 aliphatic heterocycles. The number of halogens is 1. The molecule has 0 spiro atoms. The smallest absolute Gasteiger partial charge is 0.264 e. The molecule has 2 aromatic rings. The predicted octanol–water partition coefficient (Wildman–Crippen LogP) is 0.385. The van der Waals surface area contributed by atoms with E-state index in [0.29, 0.717) is 36.7 Å². The topological polar surface area (TPSA) is 61.9 Å². The third-order valence-electron chi connectivity index (χ3n) is 2.42. The fraction of sp³-hybridized carbons (Fsp3) is 0.500. The Kier molecular flexibility index (Phi) is 3.75. The summed E-state index contributed by atoms with van der Waals surface area (Å²) in [4.78, 5) is 16.2. The number of nitrogens with zero attached hydrogens (tertiary/aromatic N) is 4. The molecule has 0 fully saturated rings. The fourth-order valence-corrected chi connectivity index (χ4v) is 1.65. The Balaban J connectivity index is 2.18. The summed E-state index contributed by atoms with van der Waals surface area (Å²) in [5.74, 6) is 0.453. The van der Waals surface area contributed by atoms with Crippen LogP contribution in [0.2, 0.25) is 0 Å². The number of fused-ring (bicyclic) bond motifs is 1. The average Bonchev–Trinajstić information content (AvgIpc) is 2.70. The molecule has 92 valence electrons. The molecule has 0 aliphatic rings. The maximum atomic E-state index is 12.0. The van der Waals surface area contributed by atoms with Gasteiger partial charge >= 0.3 is 0 Å². The van der Waals surface area contributed by atoms with E-state index < -0.39 is 0 Å². The zero-order valence-corrected chi connectivity index (χ0v) is 10.2. The lowest BCUT2D eigenvalue weighted by atomic mass is 10.4. The minimum atomic E-state index is -0.0995. The molecule has 6 nitrogen and oxygen atoms in total. The monoisotopic (exact) mass is 256 g/mol. The van der Waals surface area contributed by atoms with Crippen LogP contribution in [0.3, 0.4) is 0 Å². The highest BCUT2D eigenvalue weighted by Gasteiger charge is 2.07. The summed E-state index contributed by atoms with van der Waals surface area (Å²) >= 11 is 5.48. The first-order chi connectivity index (χ1) is 8.24. The SMILES string of the molecule is Cn1ncc2c(=O)n(CCOCCCl)cnc21. The van der Waals surface area contributed by atoms with Crippen molar-refractivity contribution >= 4 is 22.6 Å². The van der Waals surface area contributed by atoms with Crippen molar-refractivity contribution in [2.24, 2.45) is 7.05 Å². The van der Waals surface area contributed by atoms with E-state index in [1.807, 2.05) is 0 Å². The van der Waals surface area contributed by atoms with Crippen LogP contribution in [-0.4, -0.2) is 38.4 Å². The average molecular weight is 257 g/mol. The largest absolute Gasteiger partial charge is 0.378 e. The molecule has 17 heavy (non-hydrogen) atoms. The Morgan fingerprint density at radius 1 is 1.47 bits per heavy atom. The maximum absolute atomic E-state index is 12.0. The van der Waals surface area contributed by atoms with Crippen LogP contribution in [0.4, 0.5) is 0 Å². The van der Waals surface area contributed by atoms with E-state index in [1.54, 1.807) is 11.7 Å². The zero-order valence-electron chi connectivity index (χ0n) is 9.47. The second kappa shape index (κ2) is 5.29. The van der Waals surface area contributed by atoms with E-state index in [4.69, 9.17) is 16.3 Å². The van der Waals surface area contributed by atoms with Gasteiger partial charge in [0.05, 0.1) is 26.0 Å². The van der Waals surface area contributed by atoms with Crippen LogP contribution in [0, 0.1) is 0 Å². The Labute approximate surface area is 103 Å². The standard InChI is InChI=1S/C10H13ClN4O2/c1-14-9-8(6-13-14)10(16)15(7-12-9)3-5-17-4-2-11/h6-7H,2-5H2,1H3. The van der Waals surface area contributed by atoms with E-state index in [1.165, 1.54) is 17.1 Å². The third kappa shape index (κ3) is 2.48.